The lowest BCUT2D eigenvalue weighted by molar-refractivity contribution is -0.140. The van der Waals surface area contributed by atoms with Gasteiger partial charge in [-0.05, 0) is 25.7 Å². The Morgan fingerprint density at radius 3 is 0.811 bits per heavy atom. The van der Waals surface area contributed by atoms with Crippen molar-refractivity contribution in [2.75, 3.05) is 72.5 Å². The van der Waals surface area contributed by atoms with Crippen LogP contribution in [-0.4, -0.2) is 131 Å². The van der Waals surface area contributed by atoms with Crippen molar-refractivity contribution in [1.82, 2.24) is 0 Å². The van der Waals surface area contributed by atoms with E-state index in [0.717, 1.165) is 0 Å². The second-order valence-corrected chi connectivity index (χ2v) is 19.8. The van der Waals surface area contributed by atoms with E-state index in [1.165, 1.54) is 0 Å². The smallest absolute Gasteiger partial charge is 0.152 e. The van der Waals surface area contributed by atoms with Gasteiger partial charge in [0.2, 0.25) is 0 Å². The molecule has 0 unspecified atom stereocenters. The van der Waals surface area contributed by atoms with E-state index in [-0.39, 0.29) is 72.5 Å². The molecule has 4 aliphatic heterocycles. The molecule has 37 heavy (non-hydrogen) atoms. The van der Waals surface area contributed by atoms with E-state index in [0.29, 0.717) is 25.7 Å². The van der Waals surface area contributed by atoms with Crippen molar-refractivity contribution in [1.29, 1.82) is 0 Å². The van der Waals surface area contributed by atoms with Crippen LogP contribution in [0.5, 0.6) is 0 Å². The Labute approximate surface area is 219 Å². The number of hydrogen-bond acceptors (Lipinski definition) is 12. The van der Waals surface area contributed by atoms with Crippen LogP contribution < -0.4 is 0 Å². The van der Waals surface area contributed by atoms with Gasteiger partial charge in [0.25, 0.3) is 0 Å². The van der Waals surface area contributed by atoms with E-state index < -0.39 is 69.2 Å². The van der Waals surface area contributed by atoms with Crippen LogP contribution in [0.4, 0.5) is 0 Å². The van der Waals surface area contributed by atoms with Gasteiger partial charge in [0.1, 0.15) is 0 Å². The van der Waals surface area contributed by atoms with Crippen molar-refractivity contribution in [3.63, 3.8) is 0 Å². The zero-order chi connectivity index (χ0) is 27.0. The first-order valence-corrected chi connectivity index (χ1v) is 19.7. The molecule has 4 rings (SSSR count). The van der Waals surface area contributed by atoms with E-state index in [2.05, 4.69) is 0 Å². The highest BCUT2D eigenvalue weighted by atomic mass is 32.2. The molecule has 0 radical (unpaired) electrons. The highest BCUT2D eigenvalue weighted by molar-refractivity contribution is 7.92. The highest BCUT2D eigenvalue weighted by Crippen LogP contribution is 2.29. The lowest BCUT2D eigenvalue weighted by atomic mass is 9.91. The predicted octanol–water partition coefficient (Wildman–Crippen LogP) is -1.21. The third-order valence-electron chi connectivity index (χ3n) is 7.26. The Hall–Kier alpha value is -0.360. The lowest BCUT2D eigenvalue weighted by Gasteiger charge is -2.36. The maximum absolute atomic E-state index is 11.9. The average Bonchev–Trinajstić information content (AvgIpc) is 3.53. The van der Waals surface area contributed by atoms with E-state index in [1.807, 2.05) is 0 Å². The summed E-state index contributed by atoms with van der Waals surface area (Å²) in [6.45, 7) is -0.144. The fourth-order valence-electron chi connectivity index (χ4n) is 5.00. The van der Waals surface area contributed by atoms with E-state index in [1.54, 1.807) is 0 Å². The molecule has 0 saturated carbocycles. The van der Waals surface area contributed by atoms with Gasteiger partial charge in [-0.3, -0.25) is 0 Å². The topological polar surface area (TPSA) is 173 Å². The molecular weight excluding hydrogens is 572 g/mol. The van der Waals surface area contributed by atoms with Gasteiger partial charge in [-0.1, -0.05) is 0 Å². The minimum Gasteiger partial charge on any atom is -0.376 e. The summed E-state index contributed by atoms with van der Waals surface area (Å²) < 4.78 is 119. The third kappa shape index (κ3) is 8.82. The fourth-order valence-corrected chi connectivity index (χ4v) is 11.5. The second kappa shape index (κ2) is 11.3. The molecule has 216 valence electrons. The number of rotatable bonds is 12. The quantitative estimate of drug-likeness (QED) is 0.259. The number of hydrogen-bond donors (Lipinski definition) is 0. The van der Waals surface area contributed by atoms with Crippen molar-refractivity contribution in [3.05, 3.63) is 0 Å². The highest BCUT2D eigenvalue weighted by Gasteiger charge is 2.41. The van der Waals surface area contributed by atoms with E-state index in [4.69, 9.17) is 18.9 Å². The van der Waals surface area contributed by atoms with Crippen LogP contribution in [0.1, 0.15) is 25.7 Å². The Morgan fingerprint density at radius 1 is 0.432 bits per heavy atom. The van der Waals surface area contributed by atoms with Crippen molar-refractivity contribution in [2.45, 2.75) is 50.1 Å². The van der Waals surface area contributed by atoms with Crippen LogP contribution in [0, 0.1) is 5.41 Å². The van der Waals surface area contributed by atoms with Gasteiger partial charge >= 0.3 is 0 Å². The first kappa shape index (κ1) is 29.6. The SMILES string of the molecule is O=S1(=O)CC[C@@H](OCC(CO[C@@H]2CCS(=O)(=O)C2)(CO[C@@H]2CCS(=O)(=O)C2)CO[C@H]2CCS(=O)(=O)C2)C1. The van der Waals surface area contributed by atoms with Gasteiger partial charge in [-0.15, -0.1) is 0 Å². The lowest BCUT2D eigenvalue weighted by Crippen LogP contribution is -2.45. The largest absolute Gasteiger partial charge is 0.376 e. The number of ether oxygens (including phenoxy) is 4. The van der Waals surface area contributed by atoms with Crippen LogP contribution in [0.3, 0.4) is 0 Å². The number of sulfone groups is 4. The molecule has 0 aromatic carbocycles. The van der Waals surface area contributed by atoms with Crippen LogP contribution in [0.15, 0.2) is 0 Å². The molecule has 4 heterocycles. The molecule has 4 saturated heterocycles. The zero-order valence-corrected chi connectivity index (χ0v) is 23.9. The molecule has 0 amide bonds. The summed E-state index contributed by atoms with van der Waals surface area (Å²) in [5.74, 6) is -0.380. The summed E-state index contributed by atoms with van der Waals surface area (Å²) in [6.07, 6.45) is -0.782. The monoisotopic (exact) mass is 608 g/mol. The zero-order valence-electron chi connectivity index (χ0n) is 20.7. The molecule has 0 spiro atoms. The molecular formula is C21H36O12S4. The van der Waals surface area contributed by atoms with Crippen LogP contribution >= 0.6 is 0 Å². The normalized spacial score (nSPS) is 34.2. The van der Waals surface area contributed by atoms with Gasteiger partial charge in [-0.25, -0.2) is 33.7 Å². The van der Waals surface area contributed by atoms with Crippen LogP contribution in [0.2, 0.25) is 0 Å². The second-order valence-electron chi connectivity index (χ2n) is 10.8. The Kier molecular flexibility index (Phi) is 9.01. The first-order valence-electron chi connectivity index (χ1n) is 12.4. The molecule has 16 heteroatoms. The third-order valence-corrected chi connectivity index (χ3v) is 14.2. The van der Waals surface area contributed by atoms with Gasteiger partial charge in [-0.2, -0.15) is 0 Å². The Morgan fingerprint density at radius 2 is 0.649 bits per heavy atom. The first-order chi connectivity index (χ1) is 17.1. The van der Waals surface area contributed by atoms with E-state index in [9.17, 15) is 33.7 Å². The van der Waals surface area contributed by atoms with Crippen molar-refractivity contribution in [3.8, 4) is 0 Å². The summed E-state index contributed by atoms with van der Waals surface area (Å²) in [5.41, 5.74) is -1.03. The maximum atomic E-state index is 11.9. The molecule has 4 fully saturated rings. The maximum Gasteiger partial charge on any atom is 0.152 e. The van der Waals surface area contributed by atoms with E-state index >= 15 is 0 Å². The Balaban J connectivity index is 1.49. The molecule has 0 aliphatic carbocycles. The minimum absolute atomic E-state index is 0.0218. The molecule has 0 bridgehead atoms. The van der Waals surface area contributed by atoms with Gasteiger partial charge in [0.15, 0.2) is 39.3 Å². The van der Waals surface area contributed by atoms with Gasteiger partial charge in [0.05, 0.1) is 102 Å². The summed E-state index contributed by atoms with van der Waals surface area (Å²) in [6, 6.07) is 0. The van der Waals surface area contributed by atoms with Crippen molar-refractivity contribution >= 4 is 39.3 Å². The molecule has 0 N–H and O–H groups in total. The average molecular weight is 609 g/mol. The molecule has 4 atom stereocenters. The fraction of sp³-hybridized carbons (Fsp3) is 1.00. The van der Waals surface area contributed by atoms with Crippen molar-refractivity contribution in [2.24, 2.45) is 5.41 Å². The molecule has 12 nitrogen and oxygen atoms in total. The molecule has 0 aromatic heterocycles. The summed E-state index contributed by atoms with van der Waals surface area (Å²) in [7, 11) is -12.8. The predicted molar refractivity (Wildman–Crippen MR) is 134 cm³/mol. The van der Waals surface area contributed by atoms with Crippen LogP contribution in [-0.2, 0) is 58.3 Å². The van der Waals surface area contributed by atoms with Gasteiger partial charge < -0.3 is 18.9 Å². The molecule has 4 aliphatic rings. The van der Waals surface area contributed by atoms with Crippen molar-refractivity contribution < 1.29 is 52.6 Å². The summed E-state index contributed by atoms with van der Waals surface area (Å²) in [5, 5.41) is 0. The summed E-state index contributed by atoms with van der Waals surface area (Å²) >= 11 is 0. The van der Waals surface area contributed by atoms with Crippen LogP contribution in [0.25, 0.3) is 0 Å². The standard InChI is InChI=1S/C21H36O12S4/c22-34(23)5-1-17(9-34)30-13-21(14-31-18-2-6-35(24,25)10-18,15-32-19-3-7-36(26,27)11-19)16-33-20-4-8-37(28,29)12-20/h17-20H,1-16H2/t17-,18-,19-,20+/m1/s1. The Bertz CT molecular complexity index is 1040. The summed E-state index contributed by atoms with van der Waals surface area (Å²) in [4.78, 5) is 0. The van der Waals surface area contributed by atoms with Gasteiger partial charge in [0, 0.05) is 0 Å². The minimum atomic E-state index is -3.20. The molecule has 0 aromatic rings.